The van der Waals surface area contributed by atoms with E-state index >= 15 is 0 Å². The minimum atomic E-state index is -1.33. The average molecular weight is 469 g/mol. The van der Waals surface area contributed by atoms with Crippen molar-refractivity contribution in [2.24, 2.45) is 0 Å². The molecule has 2 amide bonds. The smallest absolute Gasteiger partial charge is 0.245 e. The lowest BCUT2D eigenvalue weighted by molar-refractivity contribution is -0.139. The van der Waals surface area contributed by atoms with E-state index in [9.17, 15) is 18.4 Å². The maximum Gasteiger partial charge on any atom is 0.245 e. The highest BCUT2D eigenvalue weighted by molar-refractivity contribution is 5.88. The molecule has 8 nitrogen and oxygen atoms in total. The highest BCUT2D eigenvalue weighted by atomic mass is 19.1. The van der Waals surface area contributed by atoms with Gasteiger partial charge in [0.15, 0.2) is 0 Å². The monoisotopic (exact) mass is 468 g/mol. The molecule has 0 bridgehead atoms. The number of hydrogen-bond donors (Lipinski definition) is 1. The Balaban J connectivity index is 1.59. The molecule has 1 aliphatic rings. The number of likely N-dealkylation sites (tertiary alicyclic amines) is 1. The number of rotatable bonds is 7. The topological polar surface area (TPSA) is 93.0 Å². The van der Waals surface area contributed by atoms with Gasteiger partial charge in [-0.1, -0.05) is 56.3 Å². The molecule has 2 heterocycles. The van der Waals surface area contributed by atoms with Crippen LogP contribution in [-0.2, 0) is 16.1 Å². The Bertz CT molecular complexity index is 1140. The molecule has 10 heteroatoms. The van der Waals surface area contributed by atoms with Gasteiger partial charge >= 0.3 is 0 Å². The average Bonchev–Trinajstić information content (AvgIpc) is 3.47. The van der Waals surface area contributed by atoms with E-state index in [1.807, 2.05) is 44.2 Å². The van der Waals surface area contributed by atoms with E-state index in [2.05, 4.69) is 20.8 Å². The van der Waals surface area contributed by atoms with Gasteiger partial charge in [-0.05, 0) is 39.1 Å². The van der Waals surface area contributed by atoms with Crippen LogP contribution in [0, 0.1) is 5.82 Å². The summed E-state index contributed by atoms with van der Waals surface area (Å²) in [4.78, 5) is 27.3. The number of alkyl halides is 1. The first-order valence-electron chi connectivity index (χ1n) is 11.1. The minimum absolute atomic E-state index is 0.0125. The third kappa shape index (κ3) is 5.11. The molecule has 4 rings (SSSR count). The third-order valence-electron chi connectivity index (χ3n) is 5.96. The Hall–Kier alpha value is -3.69. The number of benzene rings is 2. The summed E-state index contributed by atoms with van der Waals surface area (Å²) >= 11 is 0. The number of amides is 2. The standard InChI is InChI=1S/C24H26F2N6O2/c1-15(2)19-9-8-17(10-20(19)26)23(16-6-4-3-5-7-16)28-24(34)21-11-18(25)12-32(21)22(33)13-31-14-27-29-30-31/h3-10,14-15,18,21,23H,11-13H2,1-2H3,(H,28,34). The lowest BCUT2D eigenvalue weighted by Gasteiger charge is -2.27. The fourth-order valence-electron chi connectivity index (χ4n) is 4.23. The fraction of sp³-hybridized carbons (Fsp3) is 0.375. The third-order valence-corrected chi connectivity index (χ3v) is 5.96. The minimum Gasteiger partial charge on any atom is -0.343 e. The number of tetrazole rings is 1. The molecule has 1 fully saturated rings. The highest BCUT2D eigenvalue weighted by Gasteiger charge is 2.40. The number of nitrogens with one attached hydrogen (secondary N) is 1. The Morgan fingerprint density at radius 3 is 2.56 bits per heavy atom. The quantitative estimate of drug-likeness (QED) is 0.576. The second kappa shape index (κ2) is 10.1. The predicted molar refractivity (Wildman–Crippen MR) is 120 cm³/mol. The van der Waals surface area contributed by atoms with Crippen LogP contribution in [0.4, 0.5) is 8.78 Å². The van der Waals surface area contributed by atoms with Crippen molar-refractivity contribution in [1.29, 1.82) is 0 Å². The van der Waals surface area contributed by atoms with Crippen LogP contribution in [0.25, 0.3) is 0 Å². The largest absolute Gasteiger partial charge is 0.343 e. The highest BCUT2D eigenvalue weighted by Crippen LogP contribution is 2.28. The van der Waals surface area contributed by atoms with Gasteiger partial charge in [-0.15, -0.1) is 5.10 Å². The summed E-state index contributed by atoms with van der Waals surface area (Å²) in [5.41, 5.74) is 1.88. The molecule has 3 aromatic rings. The maximum absolute atomic E-state index is 14.8. The van der Waals surface area contributed by atoms with Gasteiger partial charge in [-0.2, -0.15) is 0 Å². The normalized spacial score (nSPS) is 18.8. The van der Waals surface area contributed by atoms with Crippen LogP contribution in [0.1, 0.15) is 48.9 Å². The van der Waals surface area contributed by atoms with Crippen molar-refractivity contribution >= 4 is 11.8 Å². The van der Waals surface area contributed by atoms with E-state index in [0.717, 1.165) is 5.56 Å². The number of carbonyl (C=O) groups excluding carboxylic acids is 2. The SMILES string of the molecule is CC(C)c1ccc(C(NC(=O)C2CC(F)CN2C(=O)Cn2cnnn2)c2ccccc2)cc1F. The van der Waals surface area contributed by atoms with E-state index in [1.54, 1.807) is 12.1 Å². The Morgan fingerprint density at radius 2 is 1.91 bits per heavy atom. The first-order valence-corrected chi connectivity index (χ1v) is 11.1. The fourth-order valence-corrected chi connectivity index (χ4v) is 4.23. The van der Waals surface area contributed by atoms with E-state index in [4.69, 9.17) is 0 Å². The van der Waals surface area contributed by atoms with Crippen LogP contribution in [-0.4, -0.2) is 55.7 Å². The zero-order valence-corrected chi connectivity index (χ0v) is 18.9. The summed E-state index contributed by atoms with van der Waals surface area (Å²) < 4.78 is 30.3. The molecule has 1 aromatic heterocycles. The molecule has 0 spiro atoms. The first kappa shape index (κ1) is 23.5. The molecular formula is C24H26F2N6O2. The molecule has 3 atom stereocenters. The summed E-state index contributed by atoms with van der Waals surface area (Å²) in [6, 6.07) is 12.4. The summed E-state index contributed by atoms with van der Waals surface area (Å²) in [6.45, 7) is 3.42. The second-order valence-electron chi connectivity index (χ2n) is 8.69. The van der Waals surface area contributed by atoms with Gasteiger partial charge in [0.2, 0.25) is 11.8 Å². The van der Waals surface area contributed by atoms with Crippen molar-refractivity contribution in [1.82, 2.24) is 30.4 Å². The lowest BCUT2D eigenvalue weighted by Crippen LogP contribution is -2.48. The summed E-state index contributed by atoms with van der Waals surface area (Å²) in [6.07, 6.45) is -0.168. The van der Waals surface area contributed by atoms with E-state index < -0.39 is 30.1 Å². The maximum atomic E-state index is 14.8. The van der Waals surface area contributed by atoms with Gasteiger partial charge in [0.1, 0.15) is 30.9 Å². The summed E-state index contributed by atoms with van der Waals surface area (Å²) in [5, 5.41) is 13.5. The molecule has 0 saturated carbocycles. The molecule has 178 valence electrons. The van der Waals surface area contributed by atoms with Crippen molar-refractivity contribution in [2.75, 3.05) is 6.54 Å². The molecule has 2 aromatic carbocycles. The molecule has 0 radical (unpaired) electrons. The molecule has 34 heavy (non-hydrogen) atoms. The number of halogens is 2. The van der Waals surface area contributed by atoms with Crippen molar-refractivity contribution in [2.45, 2.75) is 51.0 Å². The van der Waals surface area contributed by atoms with Crippen molar-refractivity contribution in [3.05, 3.63) is 77.4 Å². The van der Waals surface area contributed by atoms with Gasteiger partial charge in [0.05, 0.1) is 12.6 Å². The first-order chi connectivity index (χ1) is 16.3. The molecule has 1 N–H and O–H groups in total. The second-order valence-corrected chi connectivity index (χ2v) is 8.69. The molecule has 0 aliphatic carbocycles. The number of hydrogen-bond acceptors (Lipinski definition) is 5. The lowest BCUT2D eigenvalue weighted by atomic mass is 9.94. The van der Waals surface area contributed by atoms with Crippen LogP contribution in [0.2, 0.25) is 0 Å². The molecule has 1 aliphatic heterocycles. The Morgan fingerprint density at radius 1 is 1.15 bits per heavy atom. The van der Waals surface area contributed by atoms with Gasteiger partial charge in [-0.3, -0.25) is 9.59 Å². The molecular weight excluding hydrogens is 442 g/mol. The Labute approximate surface area is 196 Å². The van der Waals surface area contributed by atoms with Crippen LogP contribution in [0.15, 0.2) is 54.9 Å². The van der Waals surface area contributed by atoms with Crippen molar-refractivity contribution in [3.8, 4) is 0 Å². The summed E-state index contributed by atoms with van der Waals surface area (Å²) in [5.74, 6) is -1.31. The van der Waals surface area contributed by atoms with Crippen LogP contribution in [0.3, 0.4) is 0 Å². The van der Waals surface area contributed by atoms with Gasteiger partial charge in [-0.25, -0.2) is 13.5 Å². The number of nitrogens with zero attached hydrogens (tertiary/aromatic N) is 5. The van der Waals surface area contributed by atoms with E-state index in [1.165, 1.54) is 22.0 Å². The predicted octanol–water partition coefficient (Wildman–Crippen LogP) is 2.78. The zero-order chi connectivity index (χ0) is 24.2. The summed E-state index contributed by atoms with van der Waals surface area (Å²) in [7, 11) is 0. The van der Waals surface area contributed by atoms with Crippen LogP contribution in [0.5, 0.6) is 0 Å². The number of carbonyl (C=O) groups is 2. The number of aromatic nitrogens is 4. The Kier molecular flexibility index (Phi) is 6.95. The molecule has 1 saturated heterocycles. The van der Waals surface area contributed by atoms with Crippen molar-refractivity contribution in [3.63, 3.8) is 0 Å². The van der Waals surface area contributed by atoms with Gasteiger partial charge in [0.25, 0.3) is 0 Å². The zero-order valence-electron chi connectivity index (χ0n) is 18.9. The van der Waals surface area contributed by atoms with E-state index in [0.29, 0.717) is 11.1 Å². The van der Waals surface area contributed by atoms with Gasteiger partial charge in [0, 0.05) is 6.42 Å². The van der Waals surface area contributed by atoms with Crippen LogP contribution < -0.4 is 5.32 Å². The van der Waals surface area contributed by atoms with Crippen molar-refractivity contribution < 1.29 is 18.4 Å². The van der Waals surface area contributed by atoms with E-state index in [-0.39, 0.29) is 31.2 Å². The molecule has 3 unspecified atom stereocenters. The van der Waals surface area contributed by atoms with Crippen LogP contribution >= 0.6 is 0 Å². The van der Waals surface area contributed by atoms with Gasteiger partial charge < -0.3 is 10.2 Å².